The summed E-state index contributed by atoms with van der Waals surface area (Å²) < 4.78 is 0. The van der Waals surface area contributed by atoms with Crippen molar-refractivity contribution in [1.29, 1.82) is 0 Å². The van der Waals surface area contributed by atoms with Gasteiger partial charge >= 0.3 is 0 Å². The number of carbonyl (C=O) groups is 3. The molecule has 0 spiro atoms. The van der Waals surface area contributed by atoms with Gasteiger partial charge in [0.1, 0.15) is 12.3 Å². The van der Waals surface area contributed by atoms with Crippen molar-refractivity contribution >= 4 is 24.1 Å². The largest absolute Gasteiger partial charge is 0.370 e. The summed E-state index contributed by atoms with van der Waals surface area (Å²) >= 11 is 0. The Balaban J connectivity index is 1.62. The van der Waals surface area contributed by atoms with Gasteiger partial charge in [-0.15, -0.1) is 0 Å². The molecular weight excluding hydrogens is 456 g/mol. The summed E-state index contributed by atoms with van der Waals surface area (Å²) in [7, 11) is 0. The lowest BCUT2D eigenvalue weighted by atomic mass is 9.89. The third-order valence-electron chi connectivity index (χ3n) is 7.26. The predicted molar refractivity (Wildman–Crippen MR) is 141 cm³/mol. The normalized spacial score (nSPS) is 19.9. The average molecular weight is 499 g/mol. The summed E-state index contributed by atoms with van der Waals surface area (Å²) in [6.07, 6.45) is 9.88. The molecule has 36 heavy (non-hydrogen) atoms. The Kier molecular flexibility index (Phi) is 11.2. The van der Waals surface area contributed by atoms with E-state index in [4.69, 9.17) is 11.5 Å². The molecule has 1 heterocycles. The summed E-state index contributed by atoms with van der Waals surface area (Å²) in [5.41, 5.74) is 11.8. The van der Waals surface area contributed by atoms with Crippen LogP contribution in [-0.4, -0.2) is 66.7 Å². The van der Waals surface area contributed by atoms with E-state index in [1.807, 2.05) is 30.3 Å². The van der Waals surface area contributed by atoms with E-state index in [2.05, 4.69) is 15.6 Å². The van der Waals surface area contributed by atoms with Gasteiger partial charge in [0.15, 0.2) is 5.96 Å². The van der Waals surface area contributed by atoms with Crippen LogP contribution in [-0.2, 0) is 20.8 Å². The molecule has 1 aromatic carbocycles. The van der Waals surface area contributed by atoms with Crippen LogP contribution in [0, 0.1) is 5.92 Å². The number of likely N-dealkylation sites (tertiary alicyclic amines) is 1. The SMILES string of the molecule is NC(N)=NCCC[C@@H](C=O)NC(=O)[C@@H]1CCCN1C(=O)[C@@H](Cc1ccccc1)NCC1CCCCC1. The summed E-state index contributed by atoms with van der Waals surface area (Å²) in [6, 6.07) is 8.43. The molecule has 2 amide bonds. The molecule has 0 bridgehead atoms. The van der Waals surface area contributed by atoms with Gasteiger partial charge in [-0.1, -0.05) is 49.6 Å². The maximum Gasteiger partial charge on any atom is 0.243 e. The van der Waals surface area contributed by atoms with Crippen molar-refractivity contribution < 1.29 is 14.4 Å². The number of aldehydes is 1. The van der Waals surface area contributed by atoms with Crippen LogP contribution >= 0.6 is 0 Å². The Labute approximate surface area is 214 Å². The third kappa shape index (κ3) is 8.62. The molecule has 1 aliphatic heterocycles. The van der Waals surface area contributed by atoms with Gasteiger partial charge in [-0.3, -0.25) is 14.6 Å². The smallest absolute Gasteiger partial charge is 0.243 e. The molecular formula is C27H42N6O3. The zero-order chi connectivity index (χ0) is 25.8. The van der Waals surface area contributed by atoms with Crippen LogP contribution in [0.5, 0.6) is 0 Å². The highest BCUT2D eigenvalue weighted by molar-refractivity contribution is 5.91. The van der Waals surface area contributed by atoms with Gasteiger partial charge < -0.3 is 31.8 Å². The maximum atomic E-state index is 13.7. The van der Waals surface area contributed by atoms with Crippen LogP contribution in [0.4, 0.5) is 0 Å². The summed E-state index contributed by atoms with van der Waals surface area (Å²) in [6.45, 7) is 1.75. The van der Waals surface area contributed by atoms with Gasteiger partial charge in [0.25, 0.3) is 0 Å². The molecule has 2 aliphatic rings. The van der Waals surface area contributed by atoms with Gasteiger partial charge in [-0.2, -0.15) is 0 Å². The van der Waals surface area contributed by atoms with Crippen molar-refractivity contribution in [3.8, 4) is 0 Å². The maximum absolute atomic E-state index is 13.7. The minimum absolute atomic E-state index is 0.00366. The van der Waals surface area contributed by atoms with Crippen molar-refractivity contribution in [2.24, 2.45) is 22.4 Å². The standard InChI is InChI=1S/C27H42N6O3/c28-27(29)30-15-7-13-22(19-34)32-25(35)24-14-8-16-33(24)26(36)23(17-20-9-3-1-4-10-20)31-18-21-11-5-2-6-12-21/h1,3-4,9-10,19,21-24,31H,2,5-8,11-18H2,(H,32,35)(H4,28,29,30)/t22-,23+,24-/m0/s1. The van der Waals surface area contributed by atoms with Crippen LogP contribution in [0.25, 0.3) is 0 Å². The number of carbonyl (C=O) groups excluding carboxylic acids is 3. The minimum Gasteiger partial charge on any atom is -0.370 e. The van der Waals surface area contributed by atoms with Crippen molar-refractivity contribution in [1.82, 2.24) is 15.5 Å². The Morgan fingerprint density at radius 3 is 2.53 bits per heavy atom. The Bertz CT molecular complexity index is 868. The molecule has 1 saturated carbocycles. The van der Waals surface area contributed by atoms with E-state index in [1.165, 1.54) is 32.1 Å². The number of benzene rings is 1. The molecule has 9 heteroatoms. The van der Waals surface area contributed by atoms with Crippen LogP contribution in [0.15, 0.2) is 35.3 Å². The lowest BCUT2D eigenvalue weighted by Crippen LogP contribution is -2.55. The second-order valence-electron chi connectivity index (χ2n) is 10.0. The fourth-order valence-electron chi connectivity index (χ4n) is 5.27. The summed E-state index contributed by atoms with van der Waals surface area (Å²) in [5, 5.41) is 6.38. The second kappa shape index (κ2) is 14.6. The van der Waals surface area contributed by atoms with Crippen LogP contribution in [0.1, 0.15) is 63.4 Å². The number of hydrogen-bond acceptors (Lipinski definition) is 5. The first kappa shape index (κ1) is 27.6. The van der Waals surface area contributed by atoms with E-state index in [1.54, 1.807) is 4.90 Å². The molecule has 0 radical (unpaired) electrons. The number of rotatable bonds is 13. The van der Waals surface area contributed by atoms with E-state index in [-0.39, 0.29) is 23.8 Å². The van der Waals surface area contributed by atoms with E-state index < -0.39 is 12.1 Å². The van der Waals surface area contributed by atoms with E-state index in [0.717, 1.165) is 24.8 Å². The average Bonchev–Trinajstić information content (AvgIpc) is 3.39. The monoisotopic (exact) mass is 498 g/mol. The third-order valence-corrected chi connectivity index (χ3v) is 7.26. The van der Waals surface area contributed by atoms with Gasteiger partial charge in [-0.25, -0.2) is 0 Å². The number of nitrogens with two attached hydrogens (primary N) is 2. The summed E-state index contributed by atoms with van der Waals surface area (Å²) in [5.74, 6) is 0.284. The molecule has 0 aromatic heterocycles. The molecule has 1 aromatic rings. The molecule has 3 atom stereocenters. The van der Waals surface area contributed by atoms with Crippen LogP contribution in [0.2, 0.25) is 0 Å². The highest BCUT2D eigenvalue weighted by atomic mass is 16.2. The van der Waals surface area contributed by atoms with Crippen molar-refractivity contribution in [3.05, 3.63) is 35.9 Å². The molecule has 1 aliphatic carbocycles. The number of hydrogen-bond donors (Lipinski definition) is 4. The zero-order valence-corrected chi connectivity index (χ0v) is 21.2. The first-order valence-electron chi connectivity index (χ1n) is 13.4. The van der Waals surface area contributed by atoms with Crippen LogP contribution < -0.4 is 22.1 Å². The number of guanidine groups is 1. The summed E-state index contributed by atoms with van der Waals surface area (Å²) in [4.78, 5) is 44.0. The number of nitrogens with one attached hydrogen (secondary N) is 2. The lowest BCUT2D eigenvalue weighted by Gasteiger charge is -2.31. The topological polar surface area (TPSA) is 143 Å². The number of aliphatic imine (C=N–C) groups is 1. The molecule has 198 valence electrons. The molecule has 0 unspecified atom stereocenters. The number of nitrogens with zero attached hydrogens (tertiary/aromatic N) is 2. The van der Waals surface area contributed by atoms with Crippen molar-refractivity contribution in [2.45, 2.75) is 82.3 Å². The molecule has 9 nitrogen and oxygen atoms in total. The Morgan fingerprint density at radius 1 is 1.08 bits per heavy atom. The quantitative estimate of drug-likeness (QED) is 0.140. The Morgan fingerprint density at radius 2 is 1.83 bits per heavy atom. The van der Waals surface area contributed by atoms with Gasteiger partial charge in [-0.05, 0) is 63.0 Å². The van der Waals surface area contributed by atoms with Crippen molar-refractivity contribution in [3.63, 3.8) is 0 Å². The van der Waals surface area contributed by atoms with E-state index in [0.29, 0.717) is 44.7 Å². The first-order chi connectivity index (χ1) is 17.5. The molecule has 6 N–H and O–H groups in total. The molecule has 3 rings (SSSR count). The fourth-order valence-corrected chi connectivity index (χ4v) is 5.27. The first-order valence-corrected chi connectivity index (χ1v) is 13.4. The zero-order valence-electron chi connectivity index (χ0n) is 21.2. The highest BCUT2D eigenvalue weighted by Gasteiger charge is 2.37. The fraction of sp³-hybridized carbons (Fsp3) is 0.630. The lowest BCUT2D eigenvalue weighted by molar-refractivity contribution is -0.140. The predicted octanol–water partition coefficient (Wildman–Crippen LogP) is 1.50. The molecule has 1 saturated heterocycles. The van der Waals surface area contributed by atoms with Gasteiger partial charge in [0, 0.05) is 13.1 Å². The number of amides is 2. The van der Waals surface area contributed by atoms with Crippen LogP contribution in [0.3, 0.4) is 0 Å². The van der Waals surface area contributed by atoms with Gasteiger partial charge in [0.05, 0.1) is 12.1 Å². The molecule has 2 fully saturated rings. The highest BCUT2D eigenvalue weighted by Crippen LogP contribution is 2.24. The van der Waals surface area contributed by atoms with E-state index in [9.17, 15) is 14.4 Å². The second-order valence-corrected chi connectivity index (χ2v) is 10.0. The minimum atomic E-state index is -0.631. The van der Waals surface area contributed by atoms with Crippen molar-refractivity contribution in [2.75, 3.05) is 19.6 Å². The van der Waals surface area contributed by atoms with E-state index >= 15 is 0 Å². The Hall–Kier alpha value is -2.94. The van der Waals surface area contributed by atoms with Gasteiger partial charge in [0.2, 0.25) is 11.8 Å².